The molecule has 198 valence electrons. The van der Waals surface area contributed by atoms with E-state index in [1.807, 2.05) is 24.4 Å². The molecular formula is C35H27N5O. The van der Waals surface area contributed by atoms with E-state index >= 15 is 0 Å². The van der Waals surface area contributed by atoms with E-state index in [-0.39, 0.29) is 5.92 Å². The minimum absolute atomic E-state index is 0.0470. The van der Waals surface area contributed by atoms with Crippen LogP contribution in [0.3, 0.4) is 0 Å². The number of aromatic amines is 1. The second-order valence-corrected chi connectivity index (χ2v) is 10.6. The number of H-pyrrole nitrogens is 1. The zero-order chi connectivity index (χ0) is 27.5. The normalized spacial score (nSPS) is 11.9. The van der Waals surface area contributed by atoms with E-state index in [2.05, 4.69) is 130 Å². The predicted octanol–water partition coefficient (Wildman–Crippen LogP) is 8.05. The lowest BCUT2D eigenvalue weighted by Crippen LogP contribution is -2.03. The molecule has 0 radical (unpaired) electrons. The van der Waals surface area contributed by atoms with E-state index < -0.39 is 0 Å². The highest BCUT2D eigenvalue weighted by Crippen LogP contribution is 2.41. The third-order valence-corrected chi connectivity index (χ3v) is 8.21. The maximum atomic E-state index is 6.16. The van der Waals surface area contributed by atoms with Crippen molar-refractivity contribution in [1.29, 1.82) is 0 Å². The van der Waals surface area contributed by atoms with Crippen molar-refractivity contribution >= 4 is 32.7 Å². The summed E-state index contributed by atoms with van der Waals surface area (Å²) in [5, 5.41) is 12.3. The van der Waals surface area contributed by atoms with Crippen LogP contribution in [0.1, 0.15) is 22.6 Å². The second kappa shape index (κ2) is 9.10. The molecule has 0 aliphatic rings. The Hall–Kier alpha value is -5.36. The zero-order valence-corrected chi connectivity index (χ0v) is 22.7. The summed E-state index contributed by atoms with van der Waals surface area (Å²) in [5.41, 5.74) is 9.06. The molecule has 0 aliphatic carbocycles. The van der Waals surface area contributed by atoms with Gasteiger partial charge in [-0.15, -0.1) is 10.2 Å². The molecule has 4 heterocycles. The van der Waals surface area contributed by atoms with Gasteiger partial charge < -0.3 is 18.5 Å². The van der Waals surface area contributed by atoms with Crippen LogP contribution in [0, 0.1) is 0 Å². The van der Waals surface area contributed by atoms with E-state index in [4.69, 9.17) is 4.42 Å². The van der Waals surface area contributed by atoms with Gasteiger partial charge in [0, 0.05) is 76.9 Å². The third-order valence-electron chi connectivity index (χ3n) is 8.21. The van der Waals surface area contributed by atoms with E-state index in [1.54, 1.807) is 0 Å². The Morgan fingerprint density at radius 1 is 0.634 bits per heavy atom. The van der Waals surface area contributed by atoms with Crippen LogP contribution in [0.15, 0.2) is 120 Å². The lowest BCUT2D eigenvalue weighted by molar-refractivity contribution is 0.585. The summed E-state index contributed by atoms with van der Waals surface area (Å²) in [6, 6.07) is 33.9. The minimum atomic E-state index is 0.0470. The Bertz CT molecular complexity index is 2110. The molecule has 0 unspecified atom stereocenters. The predicted molar refractivity (Wildman–Crippen MR) is 164 cm³/mol. The minimum Gasteiger partial charge on any atom is -0.416 e. The molecule has 4 aromatic heterocycles. The van der Waals surface area contributed by atoms with Crippen LogP contribution >= 0.6 is 0 Å². The number of fused-ring (bicyclic) bond motifs is 3. The number of nitrogens with one attached hydrogen (secondary N) is 1. The van der Waals surface area contributed by atoms with Crippen LogP contribution in [0.5, 0.6) is 0 Å². The van der Waals surface area contributed by atoms with Crippen molar-refractivity contribution in [2.24, 2.45) is 14.1 Å². The summed E-state index contributed by atoms with van der Waals surface area (Å²) in [6.07, 6.45) is 6.47. The van der Waals surface area contributed by atoms with Crippen molar-refractivity contribution in [3.63, 3.8) is 0 Å². The molecule has 0 aliphatic heterocycles. The molecule has 6 heteroatoms. The van der Waals surface area contributed by atoms with Crippen LogP contribution in [0.2, 0.25) is 0 Å². The third kappa shape index (κ3) is 3.72. The smallest absolute Gasteiger partial charge is 0.250 e. The van der Waals surface area contributed by atoms with Gasteiger partial charge in [-0.2, -0.15) is 0 Å². The first-order valence-electron chi connectivity index (χ1n) is 13.7. The first-order chi connectivity index (χ1) is 20.2. The number of para-hydroxylation sites is 3. The molecule has 0 fully saturated rings. The lowest BCUT2D eigenvalue weighted by atomic mass is 9.84. The Kier molecular flexibility index (Phi) is 5.22. The SMILES string of the molecule is Cn1cc(C(c2ccc(-c3nnc(-c4c[nH]c5ccccc45)o3)cc2)c2cn(C)c3ccccc23)c2ccccc21. The Morgan fingerprint density at radius 3 is 1.85 bits per heavy atom. The maximum Gasteiger partial charge on any atom is 0.250 e. The number of aryl methyl sites for hydroxylation is 2. The number of nitrogens with zero attached hydrogens (tertiary/aromatic N) is 4. The van der Waals surface area contributed by atoms with E-state index in [0.29, 0.717) is 11.8 Å². The summed E-state index contributed by atoms with van der Waals surface area (Å²) in [7, 11) is 4.24. The molecule has 1 N–H and O–H groups in total. The molecule has 4 aromatic carbocycles. The molecule has 0 saturated carbocycles. The second-order valence-electron chi connectivity index (χ2n) is 10.6. The number of rotatable bonds is 5. The van der Waals surface area contributed by atoms with Crippen LogP contribution < -0.4 is 0 Å². The first-order valence-corrected chi connectivity index (χ1v) is 13.7. The average Bonchev–Trinajstić information content (AvgIpc) is 3.80. The van der Waals surface area contributed by atoms with Gasteiger partial charge in [0.15, 0.2) is 0 Å². The molecule has 0 spiro atoms. The van der Waals surface area contributed by atoms with Gasteiger partial charge in [0.2, 0.25) is 11.8 Å². The summed E-state index contributed by atoms with van der Waals surface area (Å²) < 4.78 is 10.6. The Balaban J connectivity index is 1.24. The number of hydrogen-bond donors (Lipinski definition) is 1. The number of hydrogen-bond acceptors (Lipinski definition) is 3. The maximum absolute atomic E-state index is 6.16. The van der Waals surface area contributed by atoms with Crippen molar-refractivity contribution in [1.82, 2.24) is 24.3 Å². The fourth-order valence-electron chi connectivity index (χ4n) is 6.25. The van der Waals surface area contributed by atoms with Crippen LogP contribution in [0.4, 0.5) is 0 Å². The Labute approximate surface area is 236 Å². The topological polar surface area (TPSA) is 64.6 Å². The summed E-state index contributed by atoms with van der Waals surface area (Å²) in [5.74, 6) is 1.06. The lowest BCUT2D eigenvalue weighted by Gasteiger charge is -2.18. The molecule has 6 nitrogen and oxygen atoms in total. The van der Waals surface area contributed by atoms with Gasteiger partial charge in [0.05, 0.1) is 5.56 Å². The summed E-state index contributed by atoms with van der Waals surface area (Å²) >= 11 is 0. The van der Waals surface area contributed by atoms with E-state index in [1.165, 1.54) is 38.5 Å². The fraction of sp³-hybridized carbons (Fsp3) is 0.0857. The highest BCUT2D eigenvalue weighted by Gasteiger charge is 2.25. The van der Waals surface area contributed by atoms with Crippen molar-refractivity contribution in [3.8, 4) is 22.9 Å². The molecule has 41 heavy (non-hydrogen) atoms. The first kappa shape index (κ1) is 23.5. The summed E-state index contributed by atoms with van der Waals surface area (Å²) in [6.45, 7) is 0. The van der Waals surface area contributed by atoms with Crippen molar-refractivity contribution in [3.05, 3.63) is 132 Å². The van der Waals surface area contributed by atoms with Crippen molar-refractivity contribution in [2.45, 2.75) is 5.92 Å². The van der Waals surface area contributed by atoms with Gasteiger partial charge in [-0.05, 0) is 47.0 Å². The number of aromatic nitrogens is 5. The zero-order valence-electron chi connectivity index (χ0n) is 22.7. The van der Waals surface area contributed by atoms with Crippen molar-refractivity contribution in [2.75, 3.05) is 0 Å². The molecule has 0 bridgehead atoms. The molecule has 8 rings (SSSR count). The van der Waals surface area contributed by atoms with Gasteiger partial charge in [-0.1, -0.05) is 66.7 Å². The highest BCUT2D eigenvalue weighted by atomic mass is 16.4. The molecule has 8 aromatic rings. The molecular weight excluding hydrogens is 506 g/mol. The molecule has 0 amide bonds. The highest BCUT2D eigenvalue weighted by molar-refractivity contribution is 5.93. The largest absolute Gasteiger partial charge is 0.416 e. The van der Waals surface area contributed by atoms with Crippen LogP contribution in [0.25, 0.3) is 55.6 Å². The van der Waals surface area contributed by atoms with Gasteiger partial charge >= 0.3 is 0 Å². The Morgan fingerprint density at radius 2 is 1.20 bits per heavy atom. The van der Waals surface area contributed by atoms with E-state index in [9.17, 15) is 0 Å². The number of benzene rings is 4. The van der Waals surface area contributed by atoms with Gasteiger partial charge in [0.25, 0.3) is 0 Å². The molecule has 0 atom stereocenters. The molecule has 0 saturated heterocycles. The van der Waals surface area contributed by atoms with Gasteiger partial charge in [0.1, 0.15) is 0 Å². The standard InChI is InChI=1S/C35H27N5O/c1-39-20-28(25-10-4-7-13-31(25)39)33(29-21-40(2)32-14-8-5-11-26(29)32)22-15-17-23(18-16-22)34-37-38-35(41-34)27-19-36-30-12-6-3-9-24(27)30/h3-21,33,36H,1-2H3. The average molecular weight is 534 g/mol. The van der Waals surface area contributed by atoms with Crippen molar-refractivity contribution < 1.29 is 4.42 Å². The van der Waals surface area contributed by atoms with E-state index in [0.717, 1.165) is 22.0 Å². The summed E-state index contributed by atoms with van der Waals surface area (Å²) in [4.78, 5) is 3.28. The fourth-order valence-corrected chi connectivity index (χ4v) is 6.25. The quantitative estimate of drug-likeness (QED) is 0.243. The van der Waals surface area contributed by atoms with Gasteiger partial charge in [-0.3, -0.25) is 0 Å². The van der Waals surface area contributed by atoms with Crippen LogP contribution in [-0.2, 0) is 14.1 Å². The monoisotopic (exact) mass is 533 g/mol. The van der Waals surface area contributed by atoms with Gasteiger partial charge in [-0.25, -0.2) is 0 Å². The van der Waals surface area contributed by atoms with Crippen LogP contribution in [-0.4, -0.2) is 24.3 Å².